The highest BCUT2D eigenvalue weighted by molar-refractivity contribution is 8.14. The zero-order valence-electron chi connectivity index (χ0n) is 5.56. The Morgan fingerprint density at radius 2 is 2.00 bits per heavy atom. The van der Waals surface area contributed by atoms with Crippen LogP contribution in [0.4, 0.5) is 8.78 Å². The van der Waals surface area contributed by atoms with E-state index in [1.54, 1.807) is 0 Å². The highest BCUT2D eigenvalue weighted by atomic mass is 35.7. The summed E-state index contributed by atoms with van der Waals surface area (Å²) in [6, 6.07) is 0. The molecule has 1 aliphatic rings. The molecule has 1 atom stereocenters. The molecule has 0 amide bonds. The molecule has 1 unspecified atom stereocenters. The first kappa shape index (κ1) is 9.19. The summed E-state index contributed by atoms with van der Waals surface area (Å²) in [6.07, 6.45) is -1.03. The lowest BCUT2D eigenvalue weighted by atomic mass is 10.3. The Bertz CT molecular complexity index is 249. The lowest BCUT2D eigenvalue weighted by Gasteiger charge is -2.06. The lowest BCUT2D eigenvalue weighted by molar-refractivity contribution is 0.00960. The zero-order chi connectivity index (χ0) is 8.70. The molecule has 1 saturated carbocycles. The highest BCUT2D eigenvalue weighted by Gasteiger charge is 2.44. The molecule has 2 nitrogen and oxygen atoms in total. The molecule has 0 aliphatic heterocycles. The first-order chi connectivity index (χ1) is 4.81. The van der Waals surface area contributed by atoms with Gasteiger partial charge in [0.15, 0.2) is 0 Å². The second kappa shape index (κ2) is 2.55. The summed E-state index contributed by atoms with van der Waals surface area (Å²) in [4.78, 5) is 0. The zero-order valence-corrected chi connectivity index (χ0v) is 7.13. The van der Waals surface area contributed by atoms with Crippen LogP contribution < -0.4 is 0 Å². The van der Waals surface area contributed by atoms with Crippen molar-refractivity contribution in [2.45, 2.75) is 30.4 Å². The van der Waals surface area contributed by atoms with E-state index in [2.05, 4.69) is 0 Å². The van der Waals surface area contributed by atoms with E-state index in [-0.39, 0.29) is 12.8 Å². The molecule has 0 saturated heterocycles. The SMILES string of the molecule is O=S(=O)(Cl)C1CCC(F)(F)C1. The average molecular weight is 205 g/mol. The Balaban J connectivity index is 2.71. The lowest BCUT2D eigenvalue weighted by Crippen LogP contribution is -2.16. The van der Waals surface area contributed by atoms with Crippen LogP contribution in [0.25, 0.3) is 0 Å². The number of halogens is 3. The maximum Gasteiger partial charge on any atom is 0.249 e. The van der Waals surface area contributed by atoms with Gasteiger partial charge in [0.25, 0.3) is 0 Å². The van der Waals surface area contributed by atoms with Gasteiger partial charge in [-0.3, -0.25) is 0 Å². The summed E-state index contributed by atoms with van der Waals surface area (Å²) >= 11 is 0. The van der Waals surface area contributed by atoms with Crippen molar-refractivity contribution in [2.24, 2.45) is 0 Å². The maximum atomic E-state index is 12.4. The monoisotopic (exact) mass is 204 g/mol. The van der Waals surface area contributed by atoms with E-state index in [1.807, 2.05) is 0 Å². The highest BCUT2D eigenvalue weighted by Crippen LogP contribution is 2.39. The Morgan fingerprint density at radius 3 is 2.18 bits per heavy atom. The minimum Gasteiger partial charge on any atom is -0.212 e. The van der Waals surface area contributed by atoms with Crippen LogP contribution in [0.15, 0.2) is 0 Å². The van der Waals surface area contributed by atoms with E-state index in [0.717, 1.165) is 0 Å². The summed E-state index contributed by atoms with van der Waals surface area (Å²) in [5.41, 5.74) is 0. The van der Waals surface area contributed by atoms with Crippen LogP contribution in [0.2, 0.25) is 0 Å². The van der Waals surface area contributed by atoms with Gasteiger partial charge in [0.1, 0.15) is 0 Å². The van der Waals surface area contributed by atoms with Crippen LogP contribution in [0.3, 0.4) is 0 Å². The Labute approximate surface area is 68.0 Å². The molecule has 1 fully saturated rings. The van der Waals surface area contributed by atoms with Crippen molar-refractivity contribution < 1.29 is 17.2 Å². The molecule has 0 aromatic carbocycles. The van der Waals surface area contributed by atoms with Crippen molar-refractivity contribution in [2.75, 3.05) is 0 Å². The Morgan fingerprint density at radius 1 is 1.45 bits per heavy atom. The predicted molar refractivity (Wildman–Crippen MR) is 37.4 cm³/mol. The fourth-order valence-corrected chi connectivity index (χ4v) is 2.45. The van der Waals surface area contributed by atoms with Crippen LogP contribution in [0.1, 0.15) is 19.3 Å². The summed E-state index contributed by atoms with van der Waals surface area (Å²) < 4.78 is 45.9. The van der Waals surface area contributed by atoms with Crippen LogP contribution >= 0.6 is 10.7 Å². The average Bonchev–Trinajstić information content (AvgIpc) is 2.07. The van der Waals surface area contributed by atoms with Crippen molar-refractivity contribution in [3.63, 3.8) is 0 Å². The van der Waals surface area contributed by atoms with Gasteiger partial charge in [-0.15, -0.1) is 0 Å². The van der Waals surface area contributed by atoms with Gasteiger partial charge in [0.05, 0.1) is 5.25 Å². The van der Waals surface area contributed by atoms with Crippen molar-refractivity contribution >= 4 is 19.7 Å². The van der Waals surface area contributed by atoms with Crippen LogP contribution in [-0.2, 0) is 9.05 Å². The van der Waals surface area contributed by atoms with Gasteiger partial charge in [-0.2, -0.15) is 0 Å². The first-order valence-corrected chi connectivity index (χ1v) is 5.50. The van der Waals surface area contributed by atoms with Gasteiger partial charge in [0.2, 0.25) is 15.0 Å². The third kappa shape index (κ3) is 2.27. The van der Waals surface area contributed by atoms with Gasteiger partial charge < -0.3 is 0 Å². The molecule has 1 aliphatic carbocycles. The van der Waals surface area contributed by atoms with Crippen LogP contribution in [0, 0.1) is 0 Å². The van der Waals surface area contributed by atoms with E-state index in [9.17, 15) is 17.2 Å². The molecule has 6 heteroatoms. The van der Waals surface area contributed by atoms with Gasteiger partial charge in [-0.1, -0.05) is 0 Å². The van der Waals surface area contributed by atoms with Crippen molar-refractivity contribution in [3.8, 4) is 0 Å². The molecule has 0 aromatic rings. The number of hydrogen-bond acceptors (Lipinski definition) is 2. The van der Waals surface area contributed by atoms with Crippen molar-refractivity contribution in [1.29, 1.82) is 0 Å². The summed E-state index contributed by atoms with van der Waals surface area (Å²) in [5.74, 6) is -2.84. The number of alkyl halides is 2. The predicted octanol–water partition coefficient (Wildman–Crippen LogP) is 1.74. The van der Waals surface area contributed by atoms with Crippen molar-refractivity contribution in [3.05, 3.63) is 0 Å². The fraction of sp³-hybridized carbons (Fsp3) is 1.00. The largest absolute Gasteiger partial charge is 0.249 e. The smallest absolute Gasteiger partial charge is 0.212 e. The molecule has 0 spiro atoms. The maximum absolute atomic E-state index is 12.4. The Kier molecular flexibility index (Phi) is 2.13. The number of hydrogen-bond donors (Lipinski definition) is 0. The summed E-state index contributed by atoms with van der Waals surface area (Å²) in [5, 5.41) is -1.06. The number of rotatable bonds is 1. The van der Waals surface area contributed by atoms with Gasteiger partial charge in [-0.25, -0.2) is 17.2 Å². The third-order valence-corrected chi connectivity index (χ3v) is 3.71. The molecule has 0 N–H and O–H groups in total. The van der Waals surface area contributed by atoms with Gasteiger partial charge in [0, 0.05) is 23.5 Å². The summed E-state index contributed by atoms with van der Waals surface area (Å²) in [6.45, 7) is 0. The Hall–Kier alpha value is 0.1000. The fourth-order valence-electron chi connectivity index (χ4n) is 1.15. The molecule has 1 rings (SSSR count). The van der Waals surface area contributed by atoms with E-state index < -0.39 is 26.6 Å². The van der Waals surface area contributed by atoms with Crippen molar-refractivity contribution in [1.82, 2.24) is 0 Å². The first-order valence-electron chi connectivity index (χ1n) is 3.12. The molecular weight excluding hydrogens is 198 g/mol. The third-order valence-electron chi connectivity index (χ3n) is 1.76. The standard InChI is InChI=1S/C5H7ClF2O2S/c6-11(9,10)4-1-2-5(7,8)3-4/h4H,1-3H2. The molecule has 11 heavy (non-hydrogen) atoms. The second-order valence-electron chi connectivity index (χ2n) is 2.70. The summed E-state index contributed by atoms with van der Waals surface area (Å²) in [7, 11) is 1.12. The van der Waals surface area contributed by atoms with Gasteiger partial charge >= 0.3 is 0 Å². The van der Waals surface area contributed by atoms with Gasteiger partial charge in [-0.05, 0) is 6.42 Å². The second-order valence-corrected chi connectivity index (χ2v) is 5.60. The minimum absolute atomic E-state index is 0.0289. The van der Waals surface area contributed by atoms with E-state index in [0.29, 0.717) is 0 Å². The van der Waals surface area contributed by atoms with E-state index in [4.69, 9.17) is 10.7 Å². The van der Waals surface area contributed by atoms with E-state index >= 15 is 0 Å². The minimum atomic E-state index is -3.78. The normalized spacial score (nSPS) is 30.6. The molecule has 66 valence electrons. The molecule has 0 bridgehead atoms. The molecular formula is C5H7ClF2O2S. The molecule has 0 aromatic heterocycles. The topological polar surface area (TPSA) is 34.1 Å². The van der Waals surface area contributed by atoms with Crippen LogP contribution in [-0.4, -0.2) is 19.6 Å². The molecule has 0 heterocycles. The molecule has 0 radical (unpaired) electrons. The van der Waals surface area contributed by atoms with E-state index in [1.165, 1.54) is 0 Å². The quantitative estimate of drug-likeness (QED) is 0.610. The van der Waals surface area contributed by atoms with Crippen LogP contribution in [0.5, 0.6) is 0 Å².